The number of aromatic carboxylic acids is 1. The molecule has 0 aliphatic rings. The second kappa shape index (κ2) is 4.53. The minimum atomic E-state index is -0.976. The lowest BCUT2D eigenvalue weighted by molar-refractivity contribution is 0.0697. The summed E-state index contributed by atoms with van der Waals surface area (Å²) in [5.41, 5.74) is 1.18. The van der Waals surface area contributed by atoms with Gasteiger partial charge in [-0.2, -0.15) is 0 Å². The van der Waals surface area contributed by atoms with E-state index in [2.05, 4.69) is 5.32 Å². The van der Waals surface area contributed by atoms with Crippen molar-refractivity contribution in [3.8, 4) is 0 Å². The third kappa shape index (κ3) is 2.97. The van der Waals surface area contributed by atoms with E-state index in [0.717, 1.165) is 5.56 Å². The Morgan fingerprint density at radius 1 is 1.44 bits per heavy atom. The number of rotatable bonds is 4. The fourth-order valence-electron chi connectivity index (χ4n) is 1.35. The Morgan fingerprint density at radius 2 is 2.06 bits per heavy atom. The number of aliphatic hydroxyl groups is 1. The van der Waals surface area contributed by atoms with Crippen LogP contribution in [0.3, 0.4) is 0 Å². The van der Waals surface area contributed by atoms with Crippen LogP contribution in [-0.4, -0.2) is 28.3 Å². The van der Waals surface area contributed by atoms with Gasteiger partial charge in [-0.05, 0) is 38.5 Å². The molecule has 3 N–H and O–H groups in total. The van der Waals surface area contributed by atoms with Crippen LogP contribution in [0, 0.1) is 6.92 Å². The lowest BCUT2D eigenvalue weighted by Gasteiger charge is -2.26. The zero-order valence-corrected chi connectivity index (χ0v) is 9.74. The topological polar surface area (TPSA) is 69.6 Å². The predicted molar refractivity (Wildman–Crippen MR) is 62.9 cm³/mol. The van der Waals surface area contributed by atoms with Crippen molar-refractivity contribution in [2.24, 2.45) is 0 Å². The Kier molecular flexibility index (Phi) is 3.55. The summed E-state index contributed by atoms with van der Waals surface area (Å²) >= 11 is 0. The number of aliphatic hydroxyl groups excluding tert-OH is 1. The summed E-state index contributed by atoms with van der Waals surface area (Å²) in [4.78, 5) is 11.0. The first kappa shape index (κ1) is 12.5. The average Bonchev–Trinajstić information content (AvgIpc) is 2.16. The number of carboxylic acids is 1. The number of hydrogen-bond acceptors (Lipinski definition) is 3. The van der Waals surface area contributed by atoms with Crippen LogP contribution in [-0.2, 0) is 0 Å². The molecule has 4 heteroatoms. The fraction of sp³-hybridized carbons (Fsp3) is 0.417. The molecular formula is C12H17NO3. The maximum Gasteiger partial charge on any atom is 0.337 e. The van der Waals surface area contributed by atoms with Gasteiger partial charge in [0.25, 0.3) is 0 Å². The second-order valence-corrected chi connectivity index (χ2v) is 4.52. The zero-order valence-electron chi connectivity index (χ0n) is 9.74. The van der Waals surface area contributed by atoms with Crippen LogP contribution in [0.25, 0.3) is 0 Å². The van der Waals surface area contributed by atoms with Gasteiger partial charge in [0.05, 0.1) is 17.7 Å². The Hall–Kier alpha value is -1.55. The van der Waals surface area contributed by atoms with Gasteiger partial charge in [0, 0.05) is 5.69 Å². The molecule has 1 aromatic carbocycles. The normalized spacial score (nSPS) is 11.2. The number of hydrogen-bond donors (Lipinski definition) is 3. The van der Waals surface area contributed by atoms with Crippen molar-refractivity contribution >= 4 is 11.7 Å². The molecule has 0 fully saturated rings. The number of anilines is 1. The number of carboxylic acid groups (broad SMARTS) is 1. The molecule has 0 heterocycles. The quantitative estimate of drug-likeness (QED) is 0.729. The lowest BCUT2D eigenvalue weighted by Crippen LogP contribution is -2.35. The maximum absolute atomic E-state index is 11.0. The molecule has 1 aromatic rings. The van der Waals surface area contributed by atoms with Crippen LogP contribution in [0.5, 0.6) is 0 Å². The molecule has 0 amide bonds. The van der Waals surface area contributed by atoms with Gasteiger partial charge in [0.2, 0.25) is 0 Å². The van der Waals surface area contributed by atoms with Crippen LogP contribution in [0.1, 0.15) is 29.8 Å². The van der Waals surface area contributed by atoms with E-state index in [1.165, 1.54) is 0 Å². The largest absolute Gasteiger partial charge is 0.478 e. The summed E-state index contributed by atoms with van der Waals surface area (Å²) in [5.74, 6) is -0.976. The van der Waals surface area contributed by atoms with Crippen molar-refractivity contribution in [2.75, 3.05) is 11.9 Å². The first-order chi connectivity index (χ1) is 7.35. The van der Waals surface area contributed by atoms with E-state index < -0.39 is 11.5 Å². The van der Waals surface area contributed by atoms with Gasteiger partial charge in [0.1, 0.15) is 0 Å². The van der Waals surface area contributed by atoms with Crippen LogP contribution in [0.15, 0.2) is 18.2 Å². The van der Waals surface area contributed by atoms with E-state index in [4.69, 9.17) is 10.2 Å². The average molecular weight is 223 g/mol. The van der Waals surface area contributed by atoms with Crippen molar-refractivity contribution in [3.63, 3.8) is 0 Å². The van der Waals surface area contributed by atoms with Gasteiger partial charge < -0.3 is 15.5 Å². The van der Waals surface area contributed by atoms with E-state index in [9.17, 15) is 4.79 Å². The Balaban J connectivity index is 3.10. The molecule has 0 aliphatic carbocycles. The SMILES string of the molecule is Cc1ccc(C(=O)O)c(NC(C)(C)CO)c1. The second-order valence-electron chi connectivity index (χ2n) is 4.52. The molecule has 0 radical (unpaired) electrons. The predicted octanol–water partition coefficient (Wildman–Crippen LogP) is 1.88. The molecule has 4 nitrogen and oxygen atoms in total. The van der Waals surface area contributed by atoms with Gasteiger partial charge in [-0.15, -0.1) is 0 Å². The van der Waals surface area contributed by atoms with Crippen molar-refractivity contribution in [3.05, 3.63) is 29.3 Å². The molecule has 0 aromatic heterocycles. The van der Waals surface area contributed by atoms with Crippen molar-refractivity contribution in [1.82, 2.24) is 0 Å². The number of aryl methyl sites for hydroxylation is 1. The first-order valence-electron chi connectivity index (χ1n) is 5.09. The van der Waals surface area contributed by atoms with Gasteiger partial charge in [-0.1, -0.05) is 6.07 Å². The smallest absolute Gasteiger partial charge is 0.337 e. The molecule has 0 saturated heterocycles. The first-order valence-corrected chi connectivity index (χ1v) is 5.09. The van der Waals surface area contributed by atoms with Crippen LogP contribution in [0.2, 0.25) is 0 Å². The van der Waals surface area contributed by atoms with Crippen molar-refractivity contribution in [2.45, 2.75) is 26.3 Å². The molecular weight excluding hydrogens is 206 g/mol. The Morgan fingerprint density at radius 3 is 2.56 bits per heavy atom. The molecule has 0 atom stereocenters. The molecule has 0 aliphatic heterocycles. The Labute approximate surface area is 94.9 Å². The number of benzene rings is 1. The molecule has 1 rings (SSSR count). The van der Waals surface area contributed by atoms with Gasteiger partial charge in [0.15, 0.2) is 0 Å². The molecule has 0 bridgehead atoms. The molecule has 0 spiro atoms. The lowest BCUT2D eigenvalue weighted by atomic mass is 10.0. The highest BCUT2D eigenvalue weighted by atomic mass is 16.4. The molecule has 0 unspecified atom stereocenters. The Bertz CT molecular complexity index is 399. The van der Waals surface area contributed by atoms with Gasteiger partial charge in [-0.3, -0.25) is 0 Å². The highest BCUT2D eigenvalue weighted by Gasteiger charge is 2.19. The number of carbonyl (C=O) groups is 1. The molecule has 16 heavy (non-hydrogen) atoms. The van der Waals surface area contributed by atoms with E-state index in [1.807, 2.05) is 6.92 Å². The fourth-order valence-corrected chi connectivity index (χ4v) is 1.35. The highest BCUT2D eigenvalue weighted by molar-refractivity contribution is 5.94. The summed E-state index contributed by atoms with van der Waals surface area (Å²) in [7, 11) is 0. The van der Waals surface area contributed by atoms with E-state index >= 15 is 0 Å². The standard InChI is InChI=1S/C12H17NO3/c1-8-4-5-9(11(15)16)10(6-8)13-12(2,3)7-14/h4-6,13-14H,7H2,1-3H3,(H,15,16). The summed E-state index contributed by atoms with van der Waals surface area (Å²) < 4.78 is 0. The zero-order chi connectivity index (χ0) is 12.3. The summed E-state index contributed by atoms with van der Waals surface area (Å²) in [5, 5.41) is 21.2. The van der Waals surface area contributed by atoms with Gasteiger partial charge in [-0.25, -0.2) is 4.79 Å². The van der Waals surface area contributed by atoms with Gasteiger partial charge >= 0.3 is 5.97 Å². The third-order valence-corrected chi connectivity index (χ3v) is 2.27. The minimum Gasteiger partial charge on any atom is -0.478 e. The monoisotopic (exact) mass is 223 g/mol. The van der Waals surface area contributed by atoms with E-state index in [0.29, 0.717) is 5.69 Å². The summed E-state index contributed by atoms with van der Waals surface area (Å²) in [6.45, 7) is 5.44. The highest BCUT2D eigenvalue weighted by Crippen LogP contribution is 2.21. The van der Waals surface area contributed by atoms with Crippen LogP contribution in [0.4, 0.5) is 5.69 Å². The minimum absolute atomic E-state index is 0.0694. The van der Waals surface area contributed by atoms with Crippen LogP contribution < -0.4 is 5.32 Å². The van der Waals surface area contributed by atoms with Crippen molar-refractivity contribution < 1.29 is 15.0 Å². The van der Waals surface area contributed by atoms with Crippen molar-refractivity contribution in [1.29, 1.82) is 0 Å². The number of nitrogens with one attached hydrogen (secondary N) is 1. The molecule has 0 saturated carbocycles. The summed E-state index contributed by atoms with van der Waals surface area (Å²) in [6, 6.07) is 5.08. The van der Waals surface area contributed by atoms with E-state index in [-0.39, 0.29) is 12.2 Å². The molecule has 88 valence electrons. The summed E-state index contributed by atoms with van der Waals surface area (Å²) in [6.07, 6.45) is 0. The third-order valence-electron chi connectivity index (χ3n) is 2.27. The van der Waals surface area contributed by atoms with Crippen LogP contribution >= 0.6 is 0 Å². The van der Waals surface area contributed by atoms with E-state index in [1.54, 1.807) is 32.0 Å². The maximum atomic E-state index is 11.0.